The molecule has 0 heterocycles. The van der Waals surface area contributed by atoms with Gasteiger partial charge in [0.1, 0.15) is 0 Å². The maximum absolute atomic E-state index is 11.6. The molecule has 0 fully saturated rings. The molecular formula is C17H24ClN3O5. The van der Waals surface area contributed by atoms with Gasteiger partial charge < -0.3 is 19.5 Å². The van der Waals surface area contributed by atoms with Crippen LogP contribution < -0.4 is 20.2 Å². The van der Waals surface area contributed by atoms with Gasteiger partial charge in [0.25, 0.3) is 0 Å². The van der Waals surface area contributed by atoms with Gasteiger partial charge in [-0.1, -0.05) is 18.5 Å². The molecule has 8 nitrogen and oxygen atoms in total. The third-order valence-electron chi connectivity index (χ3n) is 3.10. The van der Waals surface area contributed by atoms with Gasteiger partial charge in [0, 0.05) is 20.3 Å². The zero-order chi connectivity index (χ0) is 19.4. The molecule has 0 atom stereocenters. The molecule has 0 aliphatic heterocycles. The summed E-state index contributed by atoms with van der Waals surface area (Å²) in [5.41, 5.74) is 2.73. The fraction of sp³-hybridized carbons (Fsp3) is 0.471. The Hall–Kier alpha value is -2.32. The summed E-state index contributed by atoms with van der Waals surface area (Å²) < 4.78 is 15.7. The zero-order valence-electron chi connectivity index (χ0n) is 15.1. The first-order chi connectivity index (χ1) is 12.5. The molecule has 0 spiro atoms. The lowest BCUT2D eigenvalue weighted by Crippen LogP contribution is -2.38. The van der Waals surface area contributed by atoms with Crippen LogP contribution in [0.1, 0.15) is 25.3 Å². The minimum Gasteiger partial charge on any atom is -0.493 e. The lowest BCUT2D eigenvalue weighted by atomic mass is 10.2. The molecule has 0 aliphatic rings. The first-order valence-corrected chi connectivity index (χ1v) is 8.51. The Bertz CT molecular complexity index is 637. The second-order valence-electron chi connectivity index (χ2n) is 5.18. The van der Waals surface area contributed by atoms with Crippen LogP contribution in [0.3, 0.4) is 0 Å². The van der Waals surface area contributed by atoms with Gasteiger partial charge in [-0.25, -0.2) is 5.43 Å². The number of hydrogen-bond acceptors (Lipinski definition) is 6. The number of amides is 2. The Morgan fingerprint density at radius 1 is 1.23 bits per heavy atom. The van der Waals surface area contributed by atoms with Gasteiger partial charge in [0.15, 0.2) is 11.5 Å². The summed E-state index contributed by atoms with van der Waals surface area (Å²) in [5, 5.41) is 6.57. The highest BCUT2D eigenvalue weighted by Crippen LogP contribution is 2.36. The summed E-state index contributed by atoms with van der Waals surface area (Å²) in [6.45, 7) is 3.34. The lowest BCUT2D eigenvalue weighted by molar-refractivity contribution is -0.139. The van der Waals surface area contributed by atoms with Gasteiger partial charge in [-0.3, -0.25) is 9.59 Å². The molecule has 0 aromatic heterocycles. The molecule has 2 amide bonds. The van der Waals surface area contributed by atoms with E-state index in [1.165, 1.54) is 13.3 Å². The van der Waals surface area contributed by atoms with E-state index in [-0.39, 0.29) is 0 Å². The Balaban J connectivity index is 2.63. The van der Waals surface area contributed by atoms with Crippen LogP contribution in [0.2, 0.25) is 5.02 Å². The predicted molar refractivity (Wildman–Crippen MR) is 99.0 cm³/mol. The first kappa shape index (κ1) is 21.7. The molecule has 144 valence electrons. The van der Waals surface area contributed by atoms with E-state index >= 15 is 0 Å². The fourth-order valence-electron chi connectivity index (χ4n) is 1.87. The first-order valence-electron chi connectivity index (χ1n) is 8.14. The summed E-state index contributed by atoms with van der Waals surface area (Å²) >= 11 is 6.20. The number of nitrogens with zero attached hydrogens (tertiary/aromatic N) is 1. The number of ether oxygens (including phenoxy) is 3. The van der Waals surface area contributed by atoms with Gasteiger partial charge in [0.2, 0.25) is 0 Å². The monoisotopic (exact) mass is 385 g/mol. The molecule has 0 saturated heterocycles. The second kappa shape index (κ2) is 12.1. The normalized spacial score (nSPS) is 10.6. The van der Waals surface area contributed by atoms with Crippen LogP contribution in [0.25, 0.3) is 0 Å². The van der Waals surface area contributed by atoms with Crippen molar-refractivity contribution in [3.8, 4) is 11.5 Å². The average Bonchev–Trinajstić information content (AvgIpc) is 2.63. The molecule has 0 aliphatic carbocycles. The van der Waals surface area contributed by atoms with Gasteiger partial charge in [-0.05, 0) is 30.5 Å². The molecule has 0 bridgehead atoms. The number of carbonyl (C=O) groups is 2. The maximum atomic E-state index is 11.6. The van der Waals surface area contributed by atoms with Gasteiger partial charge in [-0.15, -0.1) is 0 Å². The van der Waals surface area contributed by atoms with Gasteiger partial charge in [0.05, 0.1) is 25.0 Å². The topological polar surface area (TPSA) is 98.2 Å². The smallest absolute Gasteiger partial charge is 0.329 e. The lowest BCUT2D eigenvalue weighted by Gasteiger charge is -2.12. The summed E-state index contributed by atoms with van der Waals surface area (Å²) in [6, 6.07) is 3.28. The van der Waals surface area contributed by atoms with E-state index in [1.807, 2.05) is 6.92 Å². The SMILES string of the molecule is CCCOc1c(Cl)cc(/C=N\NC(=O)C(=O)NCCCOC)cc1OC. The van der Waals surface area contributed by atoms with E-state index in [0.717, 1.165) is 6.42 Å². The molecule has 0 saturated carbocycles. The summed E-state index contributed by atoms with van der Waals surface area (Å²) in [4.78, 5) is 23.2. The van der Waals surface area contributed by atoms with E-state index in [4.69, 9.17) is 25.8 Å². The average molecular weight is 386 g/mol. The second-order valence-corrected chi connectivity index (χ2v) is 5.59. The van der Waals surface area contributed by atoms with Crippen molar-refractivity contribution in [3.63, 3.8) is 0 Å². The predicted octanol–water partition coefficient (Wildman–Crippen LogP) is 1.74. The van der Waals surface area contributed by atoms with Crippen molar-refractivity contribution in [2.45, 2.75) is 19.8 Å². The van der Waals surface area contributed by atoms with Crippen LogP contribution in [0.15, 0.2) is 17.2 Å². The number of nitrogens with one attached hydrogen (secondary N) is 2. The van der Waals surface area contributed by atoms with Crippen LogP contribution >= 0.6 is 11.6 Å². The third kappa shape index (κ3) is 7.28. The van der Waals surface area contributed by atoms with Crippen LogP contribution in [0.4, 0.5) is 0 Å². The molecule has 1 aromatic rings. The van der Waals surface area contributed by atoms with Crippen molar-refractivity contribution >= 4 is 29.6 Å². The number of hydrazone groups is 1. The maximum Gasteiger partial charge on any atom is 0.329 e. The Labute approximate surface area is 157 Å². The highest BCUT2D eigenvalue weighted by molar-refractivity contribution is 6.35. The van der Waals surface area contributed by atoms with Crippen LogP contribution in [0, 0.1) is 0 Å². The number of hydrogen-bond donors (Lipinski definition) is 2. The summed E-state index contributed by atoms with van der Waals surface area (Å²) in [6.07, 6.45) is 2.81. The number of benzene rings is 1. The van der Waals surface area contributed by atoms with Crippen molar-refractivity contribution in [2.75, 3.05) is 34.0 Å². The summed E-state index contributed by atoms with van der Waals surface area (Å²) in [7, 11) is 3.06. The van der Waals surface area contributed by atoms with E-state index < -0.39 is 11.8 Å². The summed E-state index contributed by atoms with van der Waals surface area (Å²) in [5.74, 6) is -0.723. The van der Waals surface area contributed by atoms with E-state index in [9.17, 15) is 9.59 Å². The quantitative estimate of drug-likeness (QED) is 0.277. The largest absolute Gasteiger partial charge is 0.493 e. The fourth-order valence-corrected chi connectivity index (χ4v) is 2.15. The number of methoxy groups -OCH3 is 2. The molecule has 0 unspecified atom stereocenters. The Kier molecular flexibility index (Phi) is 10.1. The minimum atomic E-state index is -0.861. The number of halogens is 1. The van der Waals surface area contributed by atoms with Crippen LogP contribution in [-0.2, 0) is 14.3 Å². The van der Waals surface area contributed by atoms with Gasteiger partial charge >= 0.3 is 11.8 Å². The Morgan fingerprint density at radius 3 is 2.65 bits per heavy atom. The van der Waals surface area contributed by atoms with Gasteiger partial charge in [-0.2, -0.15) is 5.10 Å². The van der Waals surface area contributed by atoms with Crippen molar-refractivity contribution in [1.29, 1.82) is 0 Å². The molecule has 26 heavy (non-hydrogen) atoms. The zero-order valence-corrected chi connectivity index (χ0v) is 15.9. The highest BCUT2D eigenvalue weighted by atomic mass is 35.5. The molecule has 1 aromatic carbocycles. The van der Waals surface area contributed by atoms with E-state index in [1.54, 1.807) is 19.2 Å². The molecule has 0 radical (unpaired) electrons. The van der Waals surface area contributed by atoms with Crippen molar-refractivity contribution < 1.29 is 23.8 Å². The third-order valence-corrected chi connectivity index (χ3v) is 3.38. The number of carbonyl (C=O) groups excluding carboxylic acids is 2. The molecular weight excluding hydrogens is 362 g/mol. The van der Waals surface area contributed by atoms with Crippen LogP contribution in [-0.4, -0.2) is 52.0 Å². The van der Waals surface area contributed by atoms with E-state index in [0.29, 0.717) is 48.3 Å². The molecule has 9 heteroatoms. The van der Waals surface area contributed by atoms with Crippen molar-refractivity contribution in [2.24, 2.45) is 5.10 Å². The minimum absolute atomic E-state index is 0.343. The number of rotatable bonds is 10. The Morgan fingerprint density at radius 2 is 2.00 bits per heavy atom. The van der Waals surface area contributed by atoms with Crippen molar-refractivity contribution in [1.82, 2.24) is 10.7 Å². The van der Waals surface area contributed by atoms with Crippen molar-refractivity contribution in [3.05, 3.63) is 22.7 Å². The standard InChI is InChI=1S/C17H24ClN3O5/c1-4-7-26-15-13(18)9-12(10-14(15)25-3)11-20-21-17(23)16(22)19-6-5-8-24-2/h9-11H,4-8H2,1-3H3,(H,19,22)(H,21,23)/b20-11-. The van der Waals surface area contributed by atoms with E-state index in [2.05, 4.69) is 15.8 Å². The highest BCUT2D eigenvalue weighted by Gasteiger charge is 2.13. The molecule has 2 N–H and O–H groups in total. The molecule has 1 rings (SSSR count). The van der Waals surface area contributed by atoms with Crippen LogP contribution in [0.5, 0.6) is 11.5 Å².